The molecule has 6 heteroatoms. The third-order valence-corrected chi connectivity index (χ3v) is 5.20. The second-order valence-electron chi connectivity index (χ2n) is 4.67. The molecule has 2 aliphatic heterocycles. The normalized spacial score (nSPS) is 35.1. The van der Waals surface area contributed by atoms with Crippen molar-refractivity contribution in [2.75, 3.05) is 26.2 Å². The molecule has 0 spiro atoms. The van der Waals surface area contributed by atoms with E-state index in [1.165, 1.54) is 4.31 Å². The minimum absolute atomic E-state index is 0.0137. The minimum Gasteiger partial charge on any atom is -0.326 e. The predicted molar refractivity (Wildman–Crippen MR) is 58.4 cm³/mol. The molecule has 0 radical (unpaired) electrons. The van der Waals surface area contributed by atoms with E-state index in [1.54, 1.807) is 4.31 Å². The van der Waals surface area contributed by atoms with Gasteiger partial charge in [-0.3, -0.25) is 0 Å². The third kappa shape index (κ3) is 2.18. The van der Waals surface area contributed by atoms with Gasteiger partial charge in [0.2, 0.25) is 0 Å². The molecule has 2 aliphatic rings. The van der Waals surface area contributed by atoms with Crippen molar-refractivity contribution in [3.05, 3.63) is 0 Å². The van der Waals surface area contributed by atoms with Crippen LogP contribution < -0.4 is 5.73 Å². The van der Waals surface area contributed by atoms with Crippen LogP contribution in [0.2, 0.25) is 0 Å². The van der Waals surface area contributed by atoms with Crippen molar-refractivity contribution in [3.8, 4) is 0 Å². The molecule has 2 heterocycles. The van der Waals surface area contributed by atoms with Crippen molar-refractivity contribution >= 4 is 10.2 Å². The minimum atomic E-state index is -3.22. The van der Waals surface area contributed by atoms with E-state index in [-0.39, 0.29) is 6.04 Å². The molecule has 88 valence electrons. The molecule has 0 amide bonds. The Hall–Kier alpha value is -0.170. The topological polar surface area (TPSA) is 66.6 Å². The molecule has 0 aliphatic carbocycles. The van der Waals surface area contributed by atoms with Crippen LogP contribution in [0, 0.1) is 5.92 Å². The van der Waals surface area contributed by atoms with Crippen molar-refractivity contribution in [1.82, 2.24) is 8.61 Å². The van der Waals surface area contributed by atoms with E-state index < -0.39 is 10.2 Å². The highest BCUT2D eigenvalue weighted by Gasteiger charge is 2.37. The summed E-state index contributed by atoms with van der Waals surface area (Å²) in [6, 6.07) is 0.0137. The van der Waals surface area contributed by atoms with Crippen LogP contribution >= 0.6 is 0 Å². The molecule has 0 aromatic heterocycles. The van der Waals surface area contributed by atoms with E-state index in [9.17, 15) is 8.42 Å². The van der Waals surface area contributed by atoms with Gasteiger partial charge in [0.1, 0.15) is 0 Å². The summed E-state index contributed by atoms with van der Waals surface area (Å²) in [5, 5.41) is 0. The Balaban J connectivity index is 2.06. The Morgan fingerprint density at radius 1 is 1.13 bits per heavy atom. The lowest BCUT2D eigenvalue weighted by atomic mass is 10.2. The van der Waals surface area contributed by atoms with Gasteiger partial charge in [0.25, 0.3) is 10.2 Å². The fourth-order valence-corrected chi connectivity index (χ4v) is 4.05. The lowest BCUT2D eigenvalue weighted by Crippen LogP contribution is -2.42. The zero-order valence-electron chi connectivity index (χ0n) is 9.09. The molecule has 2 saturated heterocycles. The first-order valence-corrected chi connectivity index (χ1v) is 6.90. The molecule has 0 aromatic rings. The average Bonchev–Trinajstić information content (AvgIpc) is 2.74. The number of hydrogen-bond donors (Lipinski definition) is 1. The van der Waals surface area contributed by atoms with Crippen LogP contribution in [0.15, 0.2) is 0 Å². The summed E-state index contributed by atoms with van der Waals surface area (Å²) < 4.78 is 27.4. The summed E-state index contributed by atoms with van der Waals surface area (Å²) in [6.07, 6.45) is 1.75. The smallest absolute Gasteiger partial charge is 0.282 e. The van der Waals surface area contributed by atoms with Crippen LogP contribution in [-0.2, 0) is 10.2 Å². The Morgan fingerprint density at radius 3 is 2.20 bits per heavy atom. The second kappa shape index (κ2) is 4.01. The van der Waals surface area contributed by atoms with Gasteiger partial charge in [0.15, 0.2) is 0 Å². The van der Waals surface area contributed by atoms with Crippen LogP contribution in [0.25, 0.3) is 0 Å². The zero-order valence-corrected chi connectivity index (χ0v) is 9.91. The quantitative estimate of drug-likeness (QED) is 0.706. The summed E-state index contributed by atoms with van der Waals surface area (Å²) in [5.41, 5.74) is 5.72. The molecule has 2 atom stereocenters. The van der Waals surface area contributed by atoms with Crippen molar-refractivity contribution in [3.63, 3.8) is 0 Å². The summed E-state index contributed by atoms with van der Waals surface area (Å²) >= 11 is 0. The molecule has 0 saturated carbocycles. The molecular formula is C9H19N3O2S. The first-order valence-electron chi connectivity index (χ1n) is 5.51. The molecule has 1 unspecified atom stereocenters. The maximum atomic E-state index is 12.1. The van der Waals surface area contributed by atoms with Crippen LogP contribution in [0.5, 0.6) is 0 Å². The highest BCUT2D eigenvalue weighted by molar-refractivity contribution is 7.86. The van der Waals surface area contributed by atoms with E-state index >= 15 is 0 Å². The van der Waals surface area contributed by atoms with Gasteiger partial charge in [-0.15, -0.1) is 0 Å². The van der Waals surface area contributed by atoms with Crippen molar-refractivity contribution < 1.29 is 8.42 Å². The molecular weight excluding hydrogens is 214 g/mol. The van der Waals surface area contributed by atoms with Crippen LogP contribution in [0.1, 0.15) is 19.8 Å². The highest BCUT2D eigenvalue weighted by atomic mass is 32.2. The first kappa shape index (κ1) is 11.3. The fourth-order valence-electron chi connectivity index (χ4n) is 2.23. The number of rotatable bonds is 2. The Kier molecular flexibility index (Phi) is 3.03. The highest BCUT2D eigenvalue weighted by Crippen LogP contribution is 2.23. The molecule has 0 bridgehead atoms. The van der Waals surface area contributed by atoms with Gasteiger partial charge < -0.3 is 5.73 Å². The van der Waals surface area contributed by atoms with Crippen molar-refractivity contribution in [2.24, 2.45) is 11.7 Å². The fraction of sp³-hybridized carbons (Fsp3) is 1.00. The average molecular weight is 233 g/mol. The molecule has 5 nitrogen and oxygen atoms in total. The standard InChI is InChI=1S/C9H19N3O2S/c1-8-2-4-11(6-8)15(13,14)12-5-3-9(10)7-12/h8-9H,2-7,10H2,1H3/t8?,9-/m1/s1. The van der Waals surface area contributed by atoms with E-state index in [2.05, 4.69) is 6.92 Å². The molecule has 0 aromatic carbocycles. The number of nitrogens with zero attached hydrogens (tertiary/aromatic N) is 2. The van der Waals surface area contributed by atoms with Gasteiger partial charge in [-0.2, -0.15) is 17.0 Å². The molecule has 2 rings (SSSR count). The SMILES string of the molecule is CC1CCN(S(=O)(=O)N2CC[C@@H](N)C2)C1. The Morgan fingerprint density at radius 2 is 1.73 bits per heavy atom. The van der Waals surface area contributed by atoms with Gasteiger partial charge >= 0.3 is 0 Å². The molecule has 2 fully saturated rings. The van der Waals surface area contributed by atoms with E-state index in [1.807, 2.05) is 0 Å². The predicted octanol–water partition coefficient (Wildman–Crippen LogP) is -0.394. The monoisotopic (exact) mass is 233 g/mol. The Bertz CT molecular complexity index is 304. The second-order valence-corrected chi connectivity index (χ2v) is 6.59. The maximum Gasteiger partial charge on any atom is 0.282 e. The zero-order chi connectivity index (χ0) is 11.1. The van der Waals surface area contributed by atoms with Gasteiger partial charge in [-0.1, -0.05) is 6.92 Å². The lowest BCUT2D eigenvalue weighted by molar-refractivity contribution is 0.389. The van der Waals surface area contributed by atoms with E-state index in [0.717, 1.165) is 12.8 Å². The van der Waals surface area contributed by atoms with Gasteiger partial charge in [0.05, 0.1) is 0 Å². The van der Waals surface area contributed by atoms with Crippen molar-refractivity contribution in [2.45, 2.75) is 25.8 Å². The lowest BCUT2D eigenvalue weighted by Gasteiger charge is -2.23. The van der Waals surface area contributed by atoms with Gasteiger partial charge in [0, 0.05) is 32.2 Å². The first-order chi connectivity index (χ1) is 7.00. The third-order valence-electron chi connectivity index (χ3n) is 3.23. The van der Waals surface area contributed by atoms with Crippen LogP contribution in [-0.4, -0.2) is 49.2 Å². The van der Waals surface area contributed by atoms with Crippen LogP contribution in [0.3, 0.4) is 0 Å². The maximum absolute atomic E-state index is 12.1. The van der Waals surface area contributed by atoms with Crippen molar-refractivity contribution in [1.29, 1.82) is 0 Å². The summed E-state index contributed by atoms with van der Waals surface area (Å²) in [7, 11) is -3.22. The summed E-state index contributed by atoms with van der Waals surface area (Å²) in [6.45, 7) is 4.47. The summed E-state index contributed by atoms with van der Waals surface area (Å²) in [5.74, 6) is 0.482. The van der Waals surface area contributed by atoms with E-state index in [4.69, 9.17) is 5.73 Å². The van der Waals surface area contributed by atoms with Gasteiger partial charge in [-0.05, 0) is 18.8 Å². The van der Waals surface area contributed by atoms with Crippen LogP contribution in [0.4, 0.5) is 0 Å². The number of nitrogens with two attached hydrogens (primary N) is 1. The summed E-state index contributed by atoms with van der Waals surface area (Å²) in [4.78, 5) is 0. The Labute approximate surface area is 91.4 Å². The number of hydrogen-bond acceptors (Lipinski definition) is 3. The largest absolute Gasteiger partial charge is 0.326 e. The molecule has 2 N–H and O–H groups in total. The van der Waals surface area contributed by atoms with E-state index in [0.29, 0.717) is 32.1 Å². The molecule has 15 heavy (non-hydrogen) atoms. The van der Waals surface area contributed by atoms with Gasteiger partial charge in [-0.25, -0.2) is 0 Å².